The van der Waals surface area contributed by atoms with Gasteiger partial charge in [0.25, 0.3) is 0 Å². The second kappa shape index (κ2) is 6.32. The molecule has 7 nitrogen and oxygen atoms in total. The summed E-state index contributed by atoms with van der Waals surface area (Å²) < 4.78 is 5.13. The van der Waals surface area contributed by atoms with E-state index in [-0.39, 0.29) is 0 Å². The van der Waals surface area contributed by atoms with E-state index in [9.17, 15) is 0 Å². The predicted molar refractivity (Wildman–Crippen MR) is 90.9 cm³/mol. The Bertz CT molecular complexity index is 710. The summed E-state index contributed by atoms with van der Waals surface area (Å²) in [4.78, 5) is 22.2. The molecule has 7 heteroatoms. The summed E-state index contributed by atoms with van der Waals surface area (Å²) in [6.07, 6.45) is 5.35. The molecule has 0 N–H and O–H groups in total. The van der Waals surface area contributed by atoms with Gasteiger partial charge in [0.2, 0.25) is 0 Å². The van der Waals surface area contributed by atoms with Gasteiger partial charge in [0.05, 0.1) is 0 Å². The molecule has 24 heavy (non-hydrogen) atoms. The molecular weight excluding hydrogens is 304 g/mol. The molecule has 2 aliphatic heterocycles. The average molecular weight is 326 g/mol. The lowest BCUT2D eigenvalue weighted by atomic mass is 10.0. The Morgan fingerprint density at radius 3 is 2.58 bits per heavy atom. The smallest absolute Gasteiger partial charge is 0.156 e. The minimum absolute atomic E-state index is 0.454. The molecule has 4 rings (SSSR count). The van der Waals surface area contributed by atoms with Crippen LogP contribution >= 0.6 is 0 Å². The summed E-state index contributed by atoms with van der Waals surface area (Å²) in [6.45, 7) is 6.71. The van der Waals surface area contributed by atoms with E-state index in [2.05, 4.69) is 36.7 Å². The topological polar surface area (TPSA) is 67.3 Å². The third kappa shape index (κ3) is 2.80. The Balaban J connectivity index is 1.45. The van der Waals surface area contributed by atoms with Crippen molar-refractivity contribution in [1.29, 1.82) is 0 Å². The number of methoxy groups -OCH3 is 1. The number of nitrogens with zero attached hydrogens (tertiary/aromatic N) is 6. The maximum absolute atomic E-state index is 5.13. The van der Waals surface area contributed by atoms with Crippen LogP contribution in [-0.4, -0.2) is 53.2 Å². The molecule has 2 fully saturated rings. The molecule has 0 saturated carbocycles. The molecule has 2 atom stereocenters. The number of ether oxygens (including phenoxy) is 1. The molecule has 126 valence electrons. The van der Waals surface area contributed by atoms with Crippen molar-refractivity contribution in [2.45, 2.75) is 13.5 Å². The van der Waals surface area contributed by atoms with Crippen LogP contribution < -0.4 is 9.80 Å². The molecule has 2 aliphatic rings. The standard InChI is InChI=1S/C17H22N6O/c1-12-5-18-11-20-17(12)23-8-13-6-22(7-14(13)9-23)16-3-4-19-15(21-16)10-24-2/h3-5,11,13-14H,6-10H2,1-2H3. The highest BCUT2D eigenvalue weighted by atomic mass is 16.5. The molecule has 2 saturated heterocycles. The third-order valence-electron chi connectivity index (χ3n) is 4.94. The zero-order valence-corrected chi connectivity index (χ0v) is 14.1. The van der Waals surface area contributed by atoms with Crippen molar-refractivity contribution in [3.63, 3.8) is 0 Å². The van der Waals surface area contributed by atoms with E-state index in [4.69, 9.17) is 4.74 Å². The number of fused-ring (bicyclic) bond motifs is 1. The second-order valence-corrected chi connectivity index (χ2v) is 6.62. The van der Waals surface area contributed by atoms with Gasteiger partial charge in [-0.1, -0.05) is 0 Å². The fourth-order valence-corrected chi connectivity index (χ4v) is 3.84. The summed E-state index contributed by atoms with van der Waals surface area (Å²) >= 11 is 0. The van der Waals surface area contributed by atoms with Crippen LogP contribution in [0.2, 0.25) is 0 Å². The molecule has 0 bridgehead atoms. The van der Waals surface area contributed by atoms with Gasteiger partial charge >= 0.3 is 0 Å². The Morgan fingerprint density at radius 2 is 1.88 bits per heavy atom. The largest absolute Gasteiger partial charge is 0.377 e. The third-order valence-corrected chi connectivity index (χ3v) is 4.94. The maximum atomic E-state index is 5.13. The molecule has 2 aromatic rings. The molecule has 0 radical (unpaired) electrons. The summed E-state index contributed by atoms with van der Waals surface area (Å²) in [5.41, 5.74) is 1.15. The first kappa shape index (κ1) is 15.3. The lowest BCUT2D eigenvalue weighted by Crippen LogP contribution is -2.30. The zero-order valence-electron chi connectivity index (χ0n) is 14.1. The van der Waals surface area contributed by atoms with Gasteiger partial charge in [-0.25, -0.2) is 19.9 Å². The summed E-state index contributed by atoms with van der Waals surface area (Å²) in [6, 6.07) is 1.99. The van der Waals surface area contributed by atoms with Gasteiger partial charge in [0, 0.05) is 63.1 Å². The Hall–Kier alpha value is -2.28. The van der Waals surface area contributed by atoms with E-state index >= 15 is 0 Å². The number of hydrogen-bond acceptors (Lipinski definition) is 7. The van der Waals surface area contributed by atoms with E-state index in [1.54, 1.807) is 13.4 Å². The van der Waals surface area contributed by atoms with Crippen LogP contribution in [0.5, 0.6) is 0 Å². The van der Waals surface area contributed by atoms with Crippen LogP contribution in [0.25, 0.3) is 0 Å². The van der Waals surface area contributed by atoms with Crippen molar-refractivity contribution < 1.29 is 4.74 Å². The highest BCUT2D eigenvalue weighted by Gasteiger charge is 2.41. The Kier molecular flexibility index (Phi) is 4.02. The highest BCUT2D eigenvalue weighted by Crippen LogP contribution is 2.35. The molecule has 4 heterocycles. The van der Waals surface area contributed by atoms with Crippen LogP contribution in [-0.2, 0) is 11.3 Å². The van der Waals surface area contributed by atoms with Crippen LogP contribution in [0.3, 0.4) is 0 Å². The van der Waals surface area contributed by atoms with Gasteiger partial charge < -0.3 is 14.5 Å². The lowest BCUT2D eigenvalue weighted by molar-refractivity contribution is 0.178. The minimum Gasteiger partial charge on any atom is -0.377 e. The molecule has 0 aliphatic carbocycles. The van der Waals surface area contributed by atoms with E-state index in [1.165, 1.54) is 0 Å². The predicted octanol–water partition coefficient (Wildman–Crippen LogP) is 1.29. The summed E-state index contributed by atoms with van der Waals surface area (Å²) in [5.74, 6) is 4.14. The lowest BCUT2D eigenvalue weighted by Gasteiger charge is -2.24. The number of aromatic nitrogens is 4. The van der Waals surface area contributed by atoms with Gasteiger partial charge in [0.1, 0.15) is 24.6 Å². The van der Waals surface area contributed by atoms with Crippen molar-refractivity contribution in [3.05, 3.63) is 36.2 Å². The van der Waals surface area contributed by atoms with E-state index < -0.39 is 0 Å². The Labute approximate surface area is 141 Å². The minimum atomic E-state index is 0.454. The van der Waals surface area contributed by atoms with Crippen molar-refractivity contribution in [3.8, 4) is 0 Å². The first-order valence-corrected chi connectivity index (χ1v) is 8.32. The van der Waals surface area contributed by atoms with Crippen molar-refractivity contribution in [2.75, 3.05) is 43.1 Å². The fourth-order valence-electron chi connectivity index (χ4n) is 3.84. The molecule has 0 amide bonds. The molecule has 2 unspecified atom stereocenters. The number of anilines is 2. The fraction of sp³-hybridized carbons (Fsp3) is 0.529. The normalized spacial score (nSPS) is 22.9. The van der Waals surface area contributed by atoms with Gasteiger partial charge in [-0.3, -0.25) is 0 Å². The quantitative estimate of drug-likeness (QED) is 0.839. The molecule has 0 spiro atoms. The van der Waals surface area contributed by atoms with Gasteiger partial charge in [0.15, 0.2) is 5.82 Å². The first-order valence-electron chi connectivity index (χ1n) is 8.32. The molecule has 0 aromatic carbocycles. The van der Waals surface area contributed by atoms with Crippen molar-refractivity contribution >= 4 is 11.6 Å². The number of aryl methyl sites for hydroxylation is 1. The van der Waals surface area contributed by atoms with Gasteiger partial charge in [-0.05, 0) is 13.0 Å². The van der Waals surface area contributed by atoms with Crippen LogP contribution in [0.15, 0.2) is 24.8 Å². The summed E-state index contributed by atoms with van der Waals surface area (Å²) in [7, 11) is 1.67. The van der Waals surface area contributed by atoms with Gasteiger partial charge in [-0.15, -0.1) is 0 Å². The highest BCUT2D eigenvalue weighted by molar-refractivity contribution is 5.48. The molecular formula is C17H22N6O. The van der Waals surface area contributed by atoms with Crippen molar-refractivity contribution in [1.82, 2.24) is 19.9 Å². The van der Waals surface area contributed by atoms with Crippen molar-refractivity contribution in [2.24, 2.45) is 11.8 Å². The zero-order chi connectivity index (χ0) is 16.5. The SMILES string of the molecule is COCc1nccc(N2CC3CN(c4ncncc4C)CC3C2)n1. The first-order chi connectivity index (χ1) is 11.7. The van der Waals surface area contributed by atoms with Gasteiger partial charge in [-0.2, -0.15) is 0 Å². The van der Waals surface area contributed by atoms with E-state index in [0.717, 1.165) is 49.2 Å². The van der Waals surface area contributed by atoms with E-state index in [0.29, 0.717) is 18.4 Å². The average Bonchev–Trinajstić information content (AvgIpc) is 3.15. The number of hydrogen-bond donors (Lipinski definition) is 0. The van der Waals surface area contributed by atoms with Crippen LogP contribution in [0.1, 0.15) is 11.4 Å². The second-order valence-electron chi connectivity index (χ2n) is 6.62. The monoisotopic (exact) mass is 326 g/mol. The van der Waals surface area contributed by atoms with E-state index in [1.807, 2.05) is 18.5 Å². The van der Waals surface area contributed by atoms with Crippen LogP contribution in [0, 0.1) is 18.8 Å². The summed E-state index contributed by atoms with van der Waals surface area (Å²) in [5, 5.41) is 0. The Morgan fingerprint density at radius 1 is 1.12 bits per heavy atom. The number of rotatable bonds is 4. The maximum Gasteiger partial charge on any atom is 0.156 e. The molecule has 2 aromatic heterocycles. The van der Waals surface area contributed by atoms with Crippen LogP contribution in [0.4, 0.5) is 11.6 Å².